The normalized spacial score (nSPS) is 12.0. The highest BCUT2D eigenvalue weighted by molar-refractivity contribution is 6.09. The van der Waals surface area contributed by atoms with Gasteiger partial charge in [0.1, 0.15) is 5.75 Å². The molecule has 0 fully saturated rings. The average molecular weight is 370 g/mol. The van der Waals surface area contributed by atoms with Crippen LogP contribution in [0.2, 0.25) is 0 Å². The van der Waals surface area contributed by atoms with Gasteiger partial charge in [0.25, 0.3) is 11.8 Å². The second-order valence-electron chi connectivity index (χ2n) is 6.33. The smallest absolute Gasteiger partial charge is 0.255 e. The van der Waals surface area contributed by atoms with Gasteiger partial charge in [0.15, 0.2) is 11.5 Å². The van der Waals surface area contributed by atoms with Gasteiger partial charge in [0, 0.05) is 32.1 Å². The maximum absolute atomic E-state index is 12.8. The van der Waals surface area contributed by atoms with Gasteiger partial charge >= 0.3 is 0 Å². The Balaban J connectivity index is 1.96. The molecule has 0 radical (unpaired) electrons. The van der Waals surface area contributed by atoms with E-state index < -0.39 is 0 Å². The molecule has 142 valence electrons. The van der Waals surface area contributed by atoms with Crippen LogP contribution >= 0.6 is 0 Å². The SMILES string of the molecule is COc1cc(NC(=O)c2ccc3c(c2)CCO3)c(C(=O)N(C)C)cc1OC. The zero-order valence-electron chi connectivity index (χ0n) is 15.8. The molecule has 1 N–H and O–H groups in total. The lowest BCUT2D eigenvalue weighted by atomic mass is 10.1. The predicted octanol–water partition coefficient (Wildman–Crippen LogP) is 2.59. The molecule has 2 amide bonds. The molecule has 3 rings (SSSR count). The number of amides is 2. The van der Waals surface area contributed by atoms with E-state index in [1.54, 1.807) is 38.4 Å². The quantitative estimate of drug-likeness (QED) is 0.875. The van der Waals surface area contributed by atoms with E-state index in [1.807, 2.05) is 6.07 Å². The number of methoxy groups -OCH3 is 2. The minimum atomic E-state index is -0.315. The molecule has 1 aliphatic heterocycles. The second-order valence-corrected chi connectivity index (χ2v) is 6.33. The van der Waals surface area contributed by atoms with Gasteiger partial charge in [-0.25, -0.2) is 0 Å². The van der Waals surface area contributed by atoms with Crippen molar-refractivity contribution in [3.05, 3.63) is 47.0 Å². The monoisotopic (exact) mass is 370 g/mol. The van der Waals surface area contributed by atoms with Gasteiger partial charge in [0.05, 0.1) is 32.1 Å². The Morgan fingerprint density at radius 2 is 1.78 bits per heavy atom. The first-order valence-corrected chi connectivity index (χ1v) is 8.49. The van der Waals surface area contributed by atoms with Gasteiger partial charge in [-0.3, -0.25) is 9.59 Å². The molecule has 0 saturated heterocycles. The molecule has 1 aliphatic rings. The van der Waals surface area contributed by atoms with Crippen molar-refractivity contribution >= 4 is 17.5 Å². The van der Waals surface area contributed by atoms with Crippen molar-refractivity contribution in [2.45, 2.75) is 6.42 Å². The van der Waals surface area contributed by atoms with Crippen molar-refractivity contribution in [2.75, 3.05) is 40.2 Å². The molecule has 0 bridgehead atoms. The minimum Gasteiger partial charge on any atom is -0.493 e. The Morgan fingerprint density at radius 3 is 2.44 bits per heavy atom. The van der Waals surface area contributed by atoms with Crippen LogP contribution in [-0.2, 0) is 6.42 Å². The fourth-order valence-corrected chi connectivity index (χ4v) is 2.92. The molecule has 2 aromatic carbocycles. The number of rotatable bonds is 5. The molecular weight excluding hydrogens is 348 g/mol. The highest BCUT2D eigenvalue weighted by Crippen LogP contribution is 2.34. The number of nitrogens with one attached hydrogen (secondary N) is 1. The lowest BCUT2D eigenvalue weighted by molar-refractivity contribution is 0.0828. The zero-order valence-corrected chi connectivity index (χ0v) is 15.8. The number of carbonyl (C=O) groups is 2. The first-order valence-electron chi connectivity index (χ1n) is 8.49. The number of hydrogen-bond donors (Lipinski definition) is 1. The van der Waals surface area contributed by atoms with E-state index in [0.717, 1.165) is 17.7 Å². The van der Waals surface area contributed by atoms with Gasteiger partial charge < -0.3 is 24.4 Å². The van der Waals surface area contributed by atoms with Crippen LogP contribution in [0.3, 0.4) is 0 Å². The third-order valence-electron chi connectivity index (χ3n) is 4.36. The molecule has 7 heteroatoms. The summed E-state index contributed by atoms with van der Waals surface area (Å²) in [5, 5.41) is 2.82. The van der Waals surface area contributed by atoms with Crippen LogP contribution < -0.4 is 19.5 Å². The van der Waals surface area contributed by atoms with Gasteiger partial charge in [-0.2, -0.15) is 0 Å². The van der Waals surface area contributed by atoms with Gasteiger partial charge in [0.2, 0.25) is 0 Å². The first-order chi connectivity index (χ1) is 12.9. The molecular formula is C20H22N2O5. The Kier molecular flexibility index (Phi) is 5.21. The van der Waals surface area contributed by atoms with Crippen LogP contribution in [0.15, 0.2) is 30.3 Å². The summed E-state index contributed by atoms with van der Waals surface area (Å²) in [6.07, 6.45) is 0.775. The maximum atomic E-state index is 12.8. The molecule has 0 unspecified atom stereocenters. The van der Waals surface area contributed by atoms with E-state index >= 15 is 0 Å². The number of benzene rings is 2. The lowest BCUT2D eigenvalue weighted by Crippen LogP contribution is -2.24. The third-order valence-corrected chi connectivity index (χ3v) is 4.36. The van der Waals surface area contributed by atoms with E-state index in [-0.39, 0.29) is 11.8 Å². The Labute approximate surface area is 157 Å². The largest absolute Gasteiger partial charge is 0.493 e. The van der Waals surface area contributed by atoms with Crippen molar-refractivity contribution in [3.8, 4) is 17.2 Å². The Bertz CT molecular complexity index is 892. The maximum Gasteiger partial charge on any atom is 0.255 e. The number of carbonyl (C=O) groups excluding carboxylic acids is 2. The fourth-order valence-electron chi connectivity index (χ4n) is 2.92. The highest BCUT2D eigenvalue weighted by atomic mass is 16.5. The van der Waals surface area contributed by atoms with Crippen LogP contribution in [-0.4, -0.2) is 51.6 Å². The summed E-state index contributed by atoms with van der Waals surface area (Å²) in [5.41, 5.74) is 2.17. The summed E-state index contributed by atoms with van der Waals surface area (Å²) in [6, 6.07) is 8.45. The summed E-state index contributed by atoms with van der Waals surface area (Å²) in [6.45, 7) is 0.623. The van der Waals surface area contributed by atoms with Crippen LogP contribution in [0.1, 0.15) is 26.3 Å². The minimum absolute atomic E-state index is 0.256. The van der Waals surface area contributed by atoms with Crippen LogP contribution in [0.4, 0.5) is 5.69 Å². The van der Waals surface area contributed by atoms with E-state index in [1.165, 1.54) is 19.1 Å². The van der Waals surface area contributed by atoms with E-state index in [9.17, 15) is 9.59 Å². The molecule has 2 aromatic rings. The fraction of sp³-hybridized carbons (Fsp3) is 0.300. The predicted molar refractivity (Wildman–Crippen MR) is 101 cm³/mol. The lowest BCUT2D eigenvalue weighted by Gasteiger charge is -2.18. The zero-order chi connectivity index (χ0) is 19.6. The van der Waals surface area contributed by atoms with E-state index in [0.29, 0.717) is 34.9 Å². The molecule has 7 nitrogen and oxygen atoms in total. The van der Waals surface area contributed by atoms with E-state index in [2.05, 4.69) is 5.32 Å². The van der Waals surface area contributed by atoms with E-state index in [4.69, 9.17) is 14.2 Å². The standard InChI is InChI=1S/C20H22N2O5/c1-22(2)20(24)14-10-17(25-3)18(26-4)11-15(14)21-19(23)13-5-6-16-12(9-13)7-8-27-16/h5-6,9-11H,7-8H2,1-4H3,(H,21,23). The summed E-state index contributed by atoms with van der Waals surface area (Å²) in [4.78, 5) is 26.8. The molecule has 1 heterocycles. The van der Waals surface area contributed by atoms with Crippen LogP contribution in [0.5, 0.6) is 17.2 Å². The molecule has 0 saturated carbocycles. The van der Waals surface area contributed by atoms with Gasteiger partial charge in [-0.1, -0.05) is 0 Å². The van der Waals surface area contributed by atoms with Crippen molar-refractivity contribution in [2.24, 2.45) is 0 Å². The van der Waals surface area contributed by atoms with Gasteiger partial charge in [-0.05, 0) is 29.8 Å². The summed E-state index contributed by atoms with van der Waals surface area (Å²) in [7, 11) is 6.28. The first kappa shape index (κ1) is 18.6. The van der Waals surface area contributed by atoms with Crippen molar-refractivity contribution in [3.63, 3.8) is 0 Å². The van der Waals surface area contributed by atoms with Crippen LogP contribution in [0, 0.1) is 0 Å². The van der Waals surface area contributed by atoms with Gasteiger partial charge in [-0.15, -0.1) is 0 Å². The summed E-state index contributed by atoms with van der Waals surface area (Å²) >= 11 is 0. The van der Waals surface area contributed by atoms with Crippen molar-refractivity contribution in [1.29, 1.82) is 0 Å². The molecule has 0 aromatic heterocycles. The molecule has 0 aliphatic carbocycles. The number of anilines is 1. The number of ether oxygens (including phenoxy) is 3. The second kappa shape index (κ2) is 7.57. The molecule has 27 heavy (non-hydrogen) atoms. The average Bonchev–Trinajstić information content (AvgIpc) is 3.14. The topological polar surface area (TPSA) is 77.1 Å². The summed E-state index contributed by atoms with van der Waals surface area (Å²) in [5.74, 6) is 1.07. The number of nitrogens with zero attached hydrogens (tertiary/aromatic N) is 1. The van der Waals surface area contributed by atoms with Crippen molar-refractivity contribution in [1.82, 2.24) is 4.90 Å². The Hall–Kier alpha value is -3.22. The number of fused-ring (bicyclic) bond motifs is 1. The highest BCUT2D eigenvalue weighted by Gasteiger charge is 2.21. The van der Waals surface area contributed by atoms with Crippen LogP contribution in [0.25, 0.3) is 0 Å². The Morgan fingerprint density at radius 1 is 1.07 bits per heavy atom. The summed E-state index contributed by atoms with van der Waals surface area (Å²) < 4.78 is 16.1. The van der Waals surface area contributed by atoms with Crippen molar-refractivity contribution < 1.29 is 23.8 Å². The number of hydrogen-bond acceptors (Lipinski definition) is 5. The molecule has 0 atom stereocenters. The molecule has 0 spiro atoms. The third kappa shape index (κ3) is 3.67.